The van der Waals surface area contributed by atoms with Crippen LogP contribution in [0.15, 0.2) is 18.2 Å². The Bertz CT molecular complexity index is 701. The summed E-state index contributed by atoms with van der Waals surface area (Å²) in [7, 11) is 1.56. The number of phenolic OH excluding ortho intramolecular Hbond substituents is 1. The molecular weight excluding hydrogens is 392 g/mol. The highest BCUT2D eigenvalue weighted by Gasteiger charge is 2.25. The molecule has 9 nitrogen and oxygen atoms in total. The summed E-state index contributed by atoms with van der Waals surface area (Å²) in [4.78, 5) is 32.7. The first-order chi connectivity index (χ1) is 14.1. The predicted octanol–water partition coefficient (Wildman–Crippen LogP) is 1.93. The molecule has 1 fully saturated rings. The lowest BCUT2D eigenvalue weighted by molar-refractivity contribution is -0.159. The van der Waals surface area contributed by atoms with Crippen LogP contribution in [0.2, 0.25) is 0 Å². The third-order valence-corrected chi connectivity index (χ3v) is 4.86. The molecule has 168 valence electrons. The normalized spacial score (nSPS) is 14.5. The number of methoxy groups -OCH3 is 1. The van der Waals surface area contributed by atoms with Gasteiger partial charge in [0.2, 0.25) is 5.91 Å². The Morgan fingerprint density at radius 3 is 2.27 bits per heavy atom. The van der Waals surface area contributed by atoms with E-state index in [1.165, 1.54) is 0 Å². The van der Waals surface area contributed by atoms with Crippen LogP contribution >= 0.6 is 0 Å². The number of rotatable bonds is 7. The molecule has 1 aromatic rings. The van der Waals surface area contributed by atoms with E-state index in [1.54, 1.807) is 13.2 Å². The zero-order valence-electron chi connectivity index (χ0n) is 17.8. The van der Waals surface area contributed by atoms with Crippen LogP contribution in [0.5, 0.6) is 11.5 Å². The van der Waals surface area contributed by atoms with Gasteiger partial charge in [-0.05, 0) is 44.3 Å². The van der Waals surface area contributed by atoms with Gasteiger partial charge in [-0.1, -0.05) is 26.0 Å². The molecule has 0 aliphatic carbocycles. The zero-order valence-corrected chi connectivity index (χ0v) is 17.8. The quantitative estimate of drug-likeness (QED) is 0.488. The van der Waals surface area contributed by atoms with Crippen LogP contribution in [-0.2, 0) is 20.9 Å². The second kappa shape index (κ2) is 12.7. The predicted molar refractivity (Wildman–Crippen MR) is 110 cm³/mol. The van der Waals surface area contributed by atoms with E-state index in [0.29, 0.717) is 18.2 Å². The van der Waals surface area contributed by atoms with E-state index in [9.17, 15) is 9.90 Å². The van der Waals surface area contributed by atoms with Crippen LogP contribution in [-0.4, -0.2) is 64.8 Å². The van der Waals surface area contributed by atoms with Gasteiger partial charge in [0.15, 0.2) is 11.5 Å². The van der Waals surface area contributed by atoms with Crippen LogP contribution in [0.25, 0.3) is 0 Å². The van der Waals surface area contributed by atoms with Crippen LogP contribution < -0.4 is 10.1 Å². The Labute approximate surface area is 176 Å². The highest BCUT2D eigenvalue weighted by Crippen LogP contribution is 2.31. The molecule has 1 heterocycles. The van der Waals surface area contributed by atoms with Crippen molar-refractivity contribution in [2.75, 3.05) is 26.7 Å². The number of hydrogen-bond donors (Lipinski definition) is 4. The number of carboxylic acids is 2. The number of nitrogens with one attached hydrogen (secondary N) is 1. The largest absolute Gasteiger partial charge is 0.504 e. The number of benzene rings is 1. The summed E-state index contributed by atoms with van der Waals surface area (Å²) in [5.74, 6) is -2.00. The highest BCUT2D eigenvalue weighted by molar-refractivity contribution is 6.27. The maximum atomic E-state index is 12.2. The molecule has 0 radical (unpaired) electrons. The van der Waals surface area contributed by atoms with E-state index >= 15 is 0 Å². The molecule has 1 aromatic carbocycles. The van der Waals surface area contributed by atoms with Gasteiger partial charge in [-0.15, -0.1) is 0 Å². The van der Waals surface area contributed by atoms with Crippen LogP contribution in [0, 0.1) is 11.8 Å². The molecule has 0 unspecified atom stereocenters. The average Bonchev–Trinajstić information content (AvgIpc) is 2.70. The molecular formula is C21H32N2O7. The number of likely N-dealkylation sites (tertiary alicyclic amines) is 1. The molecule has 30 heavy (non-hydrogen) atoms. The number of carbonyl (C=O) groups excluding carboxylic acids is 1. The second-order valence-corrected chi connectivity index (χ2v) is 7.60. The summed E-state index contributed by atoms with van der Waals surface area (Å²) in [6, 6.07) is 5.57. The van der Waals surface area contributed by atoms with E-state index in [-0.39, 0.29) is 17.6 Å². The van der Waals surface area contributed by atoms with Crippen molar-refractivity contribution in [1.82, 2.24) is 10.2 Å². The van der Waals surface area contributed by atoms with Crippen molar-refractivity contribution in [3.63, 3.8) is 0 Å². The Morgan fingerprint density at radius 2 is 1.77 bits per heavy atom. The molecule has 1 amide bonds. The van der Waals surface area contributed by atoms with Crippen molar-refractivity contribution in [2.45, 2.75) is 39.7 Å². The SMILES string of the molecule is COc1cccc(CN2CCC(C(=O)NCCC(C)C)CC2)c1O.O=C(O)C(=O)O. The lowest BCUT2D eigenvalue weighted by Crippen LogP contribution is -2.40. The van der Waals surface area contributed by atoms with Gasteiger partial charge in [-0.3, -0.25) is 9.69 Å². The third kappa shape index (κ3) is 8.69. The summed E-state index contributed by atoms with van der Waals surface area (Å²) < 4.78 is 5.16. The lowest BCUT2D eigenvalue weighted by atomic mass is 9.95. The van der Waals surface area contributed by atoms with Crippen LogP contribution in [0.1, 0.15) is 38.7 Å². The molecule has 0 saturated carbocycles. The number of hydrogen-bond acceptors (Lipinski definition) is 6. The van der Waals surface area contributed by atoms with E-state index < -0.39 is 11.9 Å². The minimum absolute atomic E-state index is 0.118. The zero-order chi connectivity index (χ0) is 22.7. The van der Waals surface area contributed by atoms with Crippen molar-refractivity contribution >= 4 is 17.8 Å². The minimum Gasteiger partial charge on any atom is -0.504 e. The van der Waals surface area contributed by atoms with Crippen molar-refractivity contribution in [1.29, 1.82) is 0 Å². The Morgan fingerprint density at radius 1 is 1.17 bits per heavy atom. The number of piperidine rings is 1. The van der Waals surface area contributed by atoms with Gasteiger partial charge >= 0.3 is 11.9 Å². The molecule has 2 rings (SSSR count). The number of nitrogens with zero attached hydrogens (tertiary/aromatic N) is 1. The minimum atomic E-state index is -1.82. The first-order valence-electron chi connectivity index (χ1n) is 9.96. The number of aromatic hydroxyl groups is 1. The number of ether oxygens (including phenoxy) is 1. The van der Waals surface area contributed by atoms with Crippen LogP contribution in [0.4, 0.5) is 0 Å². The topological polar surface area (TPSA) is 136 Å². The van der Waals surface area contributed by atoms with Gasteiger partial charge in [-0.2, -0.15) is 0 Å². The van der Waals surface area contributed by atoms with Gasteiger partial charge in [0, 0.05) is 24.6 Å². The summed E-state index contributed by atoms with van der Waals surface area (Å²) >= 11 is 0. The molecule has 0 bridgehead atoms. The van der Waals surface area contributed by atoms with Crippen molar-refractivity contribution in [2.24, 2.45) is 11.8 Å². The van der Waals surface area contributed by atoms with E-state index in [1.807, 2.05) is 12.1 Å². The van der Waals surface area contributed by atoms with Gasteiger partial charge in [0.05, 0.1) is 7.11 Å². The van der Waals surface area contributed by atoms with E-state index in [0.717, 1.165) is 44.5 Å². The standard InChI is InChI=1S/C19H30N2O3.C2H2O4/c1-14(2)7-10-20-19(23)15-8-11-21(12-9-15)13-16-5-4-6-17(24-3)18(16)22;3-1(4)2(5)6/h4-6,14-15,22H,7-13H2,1-3H3,(H,20,23);(H,3,4)(H,5,6). The number of carboxylic acid groups (broad SMARTS) is 2. The van der Waals surface area contributed by atoms with E-state index in [4.69, 9.17) is 24.5 Å². The maximum absolute atomic E-state index is 12.2. The van der Waals surface area contributed by atoms with E-state index in [2.05, 4.69) is 24.1 Å². The first kappa shape index (κ1) is 25.2. The molecule has 4 N–H and O–H groups in total. The molecule has 1 aliphatic rings. The Kier molecular flexibility index (Phi) is 10.7. The van der Waals surface area contributed by atoms with Gasteiger partial charge < -0.3 is 25.4 Å². The summed E-state index contributed by atoms with van der Waals surface area (Å²) in [5.41, 5.74) is 0.870. The number of aliphatic carboxylic acids is 2. The van der Waals surface area contributed by atoms with Crippen molar-refractivity contribution < 1.29 is 34.4 Å². The fourth-order valence-electron chi connectivity index (χ4n) is 3.08. The van der Waals surface area contributed by atoms with Gasteiger partial charge in [-0.25, -0.2) is 9.59 Å². The lowest BCUT2D eigenvalue weighted by Gasteiger charge is -2.31. The average molecular weight is 424 g/mol. The number of amides is 1. The van der Waals surface area contributed by atoms with Crippen LogP contribution in [0.3, 0.4) is 0 Å². The molecule has 0 spiro atoms. The summed E-state index contributed by atoms with van der Waals surface area (Å²) in [5, 5.41) is 28.0. The summed E-state index contributed by atoms with van der Waals surface area (Å²) in [6.07, 6.45) is 2.77. The molecule has 9 heteroatoms. The molecule has 1 saturated heterocycles. The first-order valence-corrected chi connectivity index (χ1v) is 9.96. The smallest absolute Gasteiger partial charge is 0.414 e. The molecule has 0 atom stereocenters. The maximum Gasteiger partial charge on any atom is 0.414 e. The fraction of sp³-hybridized carbons (Fsp3) is 0.571. The van der Waals surface area contributed by atoms with Crippen molar-refractivity contribution in [3.05, 3.63) is 23.8 Å². The monoisotopic (exact) mass is 424 g/mol. The Hall–Kier alpha value is -2.81. The van der Waals surface area contributed by atoms with Gasteiger partial charge in [0.25, 0.3) is 0 Å². The number of carbonyl (C=O) groups is 3. The number of para-hydroxylation sites is 1. The van der Waals surface area contributed by atoms with Gasteiger partial charge in [0.1, 0.15) is 0 Å². The fourth-order valence-corrected chi connectivity index (χ4v) is 3.08. The molecule has 0 aromatic heterocycles. The second-order valence-electron chi connectivity index (χ2n) is 7.60. The third-order valence-electron chi connectivity index (χ3n) is 4.86. The molecule has 1 aliphatic heterocycles. The Balaban J connectivity index is 0.000000656. The highest BCUT2D eigenvalue weighted by atomic mass is 16.5. The van der Waals surface area contributed by atoms with Crippen molar-refractivity contribution in [3.8, 4) is 11.5 Å². The number of phenols is 1. The summed E-state index contributed by atoms with van der Waals surface area (Å²) in [6.45, 7) is 7.54.